The summed E-state index contributed by atoms with van der Waals surface area (Å²) in [6.45, 7) is 0.668. The zero-order valence-corrected chi connectivity index (χ0v) is 8.83. The van der Waals surface area contributed by atoms with Crippen molar-refractivity contribution in [2.45, 2.75) is 0 Å². The molecule has 0 saturated carbocycles. The van der Waals surface area contributed by atoms with Crippen LogP contribution in [-0.2, 0) is 0 Å². The molecule has 0 bridgehead atoms. The molecule has 0 aliphatic carbocycles. The van der Waals surface area contributed by atoms with E-state index in [1.807, 2.05) is 0 Å². The molecule has 2 aromatic rings. The first-order valence-corrected chi connectivity index (χ1v) is 5.22. The number of hydrogen-bond donors (Lipinski definition) is 1. The average molecular weight is 259 g/mol. The minimum absolute atomic E-state index is 0.307. The summed E-state index contributed by atoms with van der Waals surface area (Å²) in [5.41, 5.74) is 1.08. The minimum Gasteiger partial charge on any atom is -0.382 e. The van der Waals surface area contributed by atoms with E-state index in [0.717, 1.165) is 5.33 Å². The van der Waals surface area contributed by atoms with Crippen molar-refractivity contribution in [3.8, 4) is 0 Å². The van der Waals surface area contributed by atoms with Crippen molar-refractivity contribution >= 4 is 27.3 Å². The van der Waals surface area contributed by atoms with Crippen molar-refractivity contribution < 1.29 is 4.39 Å². The van der Waals surface area contributed by atoms with Crippen LogP contribution >= 0.6 is 15.9 Å². The van der Waals surface area contributed by atoms with Gasteiger partial charge in [0.15, 0.2) is 11.5 Å². The molecular weight excluding hydrogens is 251 g/mol. The molecule has 0 spiro atoms. The fraction of sp³-hybridized carbons (Fsp3) is 0.250. The number of hydrogen-bond acceptors (Lipinski definition) is 3. The van der Waals surface area contributed by atoms with Crippen molar-refractivity contribution in [1.29, 1.82) is 0 Å². The molecule has 74 valence electrons. The fourth-order valence-corrected chi connectivity index (χ4v) is 1.36. The van der Waals surface area contributed by atoms with Gasteiger partial charge in [-0.1, -0.05) is 15.9 Å². The molecule has 2 aromatic heterocycles. The van der Waals surface area contributed by atoms with E-state index in [1.165, 1.54) is 16.9 Å². The molecule has 0 atom stereocenters. The van der Waals surface area contributed by atoms with E-state index in [2.05, 4.69) is 31.4 Å². The molecule has 0 amide bonds. The van der Waals surface area contributed by atoms with Crippen LogP contribution in [0.5, 0.6) is 0 Å². The second-order valence-electron chi connectivity index (χ2n) is 2.75. The van der Waals surface area contributed by atoms with Gasteiger partial charge in [0.25, 0.3) is 0 Å². The molecular formula is C8H8BrFN4. The number of fused-ring (bicyclic) bond motifs is 1. The number of rotatable bonds is 3. The molecule has 2 rings (SSSR count). The lowest BCUT2D eigenvalue weighted by Gasteiger charge is -2.05. The van der Waals surface area contributed by atoms with Gasteiger partial charge in [0.1, 0.15) is 6.33 Å². The standard InChI is InChI=1S/C8H8BrFN4/c9-1-2-11-7-3-8-13-12-5-14(8)4-6(7)10/h3-5,11H,1-2H2. The Morgan fingerprint density at radius 2 is 2.43 bits per heavy atom. The second-order valence-corrected chi connectivity index (χ2v) is 3.54. The lowest BCUT2D eigenvalue weighted by Crippen LogP contribution is -2.05. The van der Waals surface area contributed by atoms with Crippen LogP contribution in [0.4, 0.5) is 10.1 Å². The summed E-state index contributed by atoms with van der Waals surface area (Å²) in [5.74, 6) is -0.307. The summed E-state index contributed by atoms with van der Waals surface area (Å²) in [6, 6.07) is 1.63. The molecule has 4 nitrogen and oxygen atoms in total. The Labute approximate surface area is 88.3 Å². The third-order valence-electron chi connectivity index (χ3n) is 1.79. The van der Waals surface area contributed by atoms with Crippen LogP contribution < -0.4 is 5.32 Å². The summed E-state index contributed by atoms with van der Waals surface area (Å²) in [7, 11) is 0. The highest BCUT2D eigenvalue weighted by atomic mass is 79.9. The maximum Gasteiger partial charge on any atom is 0.163 e. The highest BCUT2D eigenvalue weighted by Crippen LogP contribution is 2.15. The van der Waals surface area contributed by atoms with Gasteiger partial charge in [0, 0.05) is 24.1 Å². The van der Waals surface area contributed by atoms with E-state index >= 15 is 0 Å². The molecule has 0 saturated heterocycles. The first kappa shape index (κ1) is 9.39. The van der Waals surface area contributed by atoms with Gasteiger partial charge in [-0.15, -0.1) is 10.2 Å². The van der Waals surface area contributed by atoms with Gasteiger partial charge < -0.3 is 5.32 Å². The predicted octanol–water partition coefficient (Wildman–Crippen LogP) is 1.68. The molecule has 0 aliphatic rings. The number of aromatic nitrogens is 3. The molecule has 14 heavy (non-hydrogen) atoms. The topological polar surface area (TPSA) is 42.2 Å². The average Bonchev–Trinajstić information content (AvgIpc) is 2.61. The highest BCUT2D eigenvalue weighted by Gasteiger charge is 2.04. The molecule has 6 heteroatoms. The summed E-state index contributed by atoms with van der Waals surface area (Å²) in [5, 5.41) is 11.2. The van der Waals surface area contributed by atoms with Crippen LogP contribution in [0.3, 0.4) is 0 Å². The molecule has 0 aliphatic heterocycles. The summed E-state index contributed by atoms with van der Waals surface area (Å²) < 4.78 is 14.9. The van der Waals surface area contributed by atoms with Crippen LogP contribution in [0.2, 0.25) is 0 Å². The largest absolute Gasteiger partial charge is 0.382 e. The monoisotopic (exact) mass is 258 g/mol. The van der Waals surface area contributed by atoms with Crippen LogP contribution in [0.25, 0.3) is 5.65 Å². The third kappa shape index (κ3) is 1.70. The van der Waals surface area contributed by atoms with Gasteiger partial charge in [-0.05, 0) is 0 Å². The van der Waals surface area contributed by atoms with Crippen molar-refractivity contribution in [3.63, 3.8) is 0 Å². The molecule has 0 aromatic carbocycles. The van der Waals surface area contributed by atoms with Gasteiger partial charge in [-0.25, -0.2) is 4.39 Å². The van der Waals surface area contributed by atoms with Crippen LogP contribution in [0, 0.1) is 5.82 Å². The maximum absolute atomic E-state index is 13.4. The SMILES string of the molecule is Fc1cn2cnnc2cc1NCCBr. The lowest BCUT2D eigenvalue weighted by atomic mass is 10.3. The van der Waals surface area contributed by atoms with Crippen LogP contribution in [0.15, 0.2) is 18.6 Å². The van der Waals surface area contributed by atoms with Crippen LogP contribution in [-0.4, -0.2) is 26.5 Å². The van der Waals surface area contributed by atoms with Crippen LogP contribution in [0.1, 0.15) is 0 Å². The summed E-state index contributed by atoms with van der Waals surface area (Å²) >= 11 is 3.26. The number of nitrogens with one attached hydrogen (secondary N) is 1. The smallest absolute Gasteiger partial charge is 0.163 e. The van der Waals surface area contributed by atoms with Gasteiger partial charge >= 0.3 is 0 Å². The van der Waals surface area contributed by atoms with E-state index in [-0.39, 0.29) is 5.82 Å². The summed E-state index contributed by atoms with van der Waals surface area (Å²) in [4.78, 5) is 0. The summed E-state index contributed by atoms with van der Waals surface area (Å²) in [6.07, 6.45) is 2.82. The lowest BCUT2D eigenvalue weighted by molar-refractivity contribution is 0.622. The Kier molecular flexibility index (Phi) is 2.62. The molecule has 0 fully saturated rings. The Morgan fingerprint density at radius 3 is 3.21 bits per heavy atom. The van der Waals surface area contributed by atoms with Crippen molar-refractivity contribution in [3.05, 3.63) is 24.4 Å². The van der Waals surface area contributed by atoms with E-state index < -0.39 is 0 Å². The Bertz CT molecular complexity index is 442. The Balaban J connectivity index is 2.38. The zero-order chi connectivity index (χ0) is 9.97. The fourth-order valence-electron chi connectivity index (χ4n) is 1.16. The first-order valence-electron chi connectivity index (χ1n) is 4.10. The van der Waals surface area contributed by atoms with Crippen molar-refractivity contribution in [1.82, 2.24) is 14.6 Å². The number of halogens is 2. The van der Waals surface area contributed by atoms with E-state index in [1.54, 1.807) is 6.07 Å². The van der Waals surface area contributed by atoms with E-state index in [9.17, 15) is 4.39 Å². The number of alkyl halides is 1. The van der Waals surface area contributed by atoms with Crippen molar-refractivity contribution in [2.75, 3.05) is 17.2 Å². The van der Waals surface area contributed by atoms with Crippen molar-refractivity contribution in [2.24, 2.45) is 0 Å². The van der Waals surface area contributed by atoms with E-state index in [4.69, 9.17) is 0 Å². The molecule has 2 heterocycles. The highest BCUT2D eigenvalue weighted by molar-refractivity contribution is 9.09. The van der Waals surface area contributed by atoms with Gasteiger partial charge in [-0.3, -0.25) is 4.40 Å². The molecule has 0 unspecified atom stereocenters. The quantitative estimate of drug-likeness (QED) is 0.852. The normalized spacial score (nSPS) is 10.7. The molecule has 0 radical (unpaired) electrons. The number of pyridine rings is 1. The van der Waals surface area contributed by atoms with Gasteiger partial charge in [0.2, 0.25) is 0 Å². The predicted molar refractivity (Wildman–Crippen MR) is 55.2 cm³/mol. The second kappa shape index (κ2) is 3.91. The third-order valence-corrected chi connectivity index (χ3v) is 2.19. The van der Waals surface area contributed by atoms with Gasteiger partial charge in [0.05, 0.1) is 5.69 Å². The zero-order valence-electron chi connectivity index (χ0n) is 7.24. The Hall–Kier alpha value is -1.17. The minimum atomic E-state index is -0.307. The van der Waals surface area contributed by atoms with E-state index in [0.29, 0.717) is 17.9 Å². The maximum atomic E-state index is 13.4. The molecule has 1 N–H and O–H groups in total. The number of nitrogens with zero attached hydrogens (tertiary/aromatic N) is 3. The number of anilines is 1. The Morgan fingerprint density at radius 1 is 1.57 bits per heavy atom. The first-order chi connectivity index (χ1) is 6.81. The van der Waals surface area contributed by atoms with Gasteiger partial charge in [-0.2, -0.15) is 0 Å².